The van der Waals surface area contributed by atoms with Crippen LogP contribution < -0.4 is 10.6 Å². The molecule has 1 unspecified atom stereocenters. The van der Waals surface area contributed by atoms with Gasteiger partial charge in [0.25, 0.3) is 0 Å². The van der Waals surface area contributed by atoms with Crippen LogP contribution in [-0.4, -0.2) is 64.9 Å². The van der Waals surface area contributed by atoms with Crippen LogP contribution in [-0.2, 0) is 4.79 Å². The molecule has 1 aliphatic rings. The first-order valence-corrected chi connectivity index (χ1v) is 6.59. The first-order chi connectivity index (χ1) is 8.88. The van der Waals surface area contributed by atoms with Crippen molar-refractivity contribution in [3.8, 4) is 0 Å². The molecule has 1 aliphatic heterocycles. The van der Waals surface area contributed by atoms with Crippen LogP contribution >= 0.6 is 0 Å². The molecule has 2 amide bonds. The van der Waals surface area contributed by atoms with E-state index in [1.165, 1.54) is 0 Å². The van der Waals surface area contributed by atoms with Crippen molar-refractivity contribution in [3.63, 3.8) is 0 Å². The molecule has 0 aromatic heterocycles. The van der Waals surface area contributed by atoms with Crippen molar-refractivity contribution >= 4 is 12.0 Å². The highest BCUT2D eigenvalue weighted by Gasteiger charge is 2.32. The Morgan fingerprint density at radius 2 is 2.00 bits per heavy atom. The van der Waals surface area contributed by atoms with Crippen molar-refractivity contribution in [2.45, 2.75) is 38.3 Å². The highest BCUT2D eigenvalue weighted by Crippen LogP contribution is 2.12. The second-order valence-corrected chi connectivity index (χ2v) is 5.00. The van der Waals surface area contributed by atoms with Crippen LogP contribution in [0.15, 0.2) is 0 Å². The molecule has 0 aromatic rings. The summed E-state index contributed by atoms with van der Waals surface area (Å²) in [6.07, 6.45) is 1.77. The van der Waals surface area contributed by atoms with E-state index in [0.29, 0.717) is 6.54 Å². The van der Waals surface area contributed by atoms with Crippen molar-refractivity contribution < 1.29 is 19.8 Å². The standard InChI is InChI=1S/C12H23N3O4/c1-3-15(9-4-6-13-7-5-9)11(18)14-8-12(2,19)10(16)17/h9,13,19H,3-8H2,1-2H3,(H,14,18)(H,16,17). The summed E-state index contributed by atoms with van der Waals surface area (Å²) in [6, 6.07) is -0.156. The Balaban J connectivity index is 2.52. The third kappa shape index (κ3) is 4.36. The summed E-state index contributed by atoms with van der Waals surface area (Å²) in [5.41, 5.74) is -1.94. The molecule has 110 valence electrons. The quantitative estimate of drug-likeness (QED) is 0.546. The van der Waals surface area contributed by atoms with Crippen LogP contribution in [0.5, 0.6) is 0 Å². The number of nitrogens with one attached hydrogen (secondary N) is 2. The molecule has 1 heterocycles. The number of hydrogen-bond acceptors (Lipinski definition) is 4. The molecular weight excluding hydrogens is 250 g/mol. The van der Waals surface area contributed by atoms with E-state index in [4.69, 9.17) is 5.11 Å². The normalized spacial score (nSPS) is 19.5. The van der Waals surface area contributed by atoms with Gasteiger partial charge in [0.2, 0.25) is 0 Å². The third-order valence-corrected chi connectivity index (χ3v) is 3.40. The molecule has 0 saturated carbocycles. The van der Waals surface area contributed by atoms with Gasteiger partial charge in [-0.3, -0.25) is 0 Å². The van der Waals surface area contributed by atoms with Crippen LogP contribution in [0.2, 0.25) is 0 Å². The Morgan fingerprint density at radius 1 is 1.42 bits per heavy atom. The van der Waals surface area contributed by atoms with Gasteiger partial charge in [0.1, 0.15) is 0 Å². The highest BCUT2D eigenvalue weighted by molar-refractivity contribution is 5.79. The highest BCUT2D eigenvalue weighted by atomic mass is 16.4. The molecule has 0 bridgehead atoms. The number of carboxylic acids is 1. The van der Waals surface area contributed by atoms with Crippen LogP contribution in [0.1, 0.15) is 26.7 Å². The van der Waals surface area contributed by atoms with Gasteiger partial charge in [-0.2, -0.15) is 0 Å². The maximum atomic E-state index is 12.0. The fourth-order valence-corrected chi connectivity index (χ4v) is 2.11. The minimum absolute atomic E-state index is 0.168. The van der Waals surface area contributed by atoms with Gasteiger partial charge in [-0.15, -0.1) is 0 Å². The van der Waals surface area contributed by atoms with E-state index in [1.54, 1.807) is 4.90 Å². The molecule has 1 saturated heterocycles. The number of urea groups is 1. The zero-order chi connectivity index (χ0) is 14.5. The number of carboxylic acid groups (broad SMARTS) is 1. The number of piperidine rings is 1. The number of aliphatic hydroxyl groups is 1. The van der Waals surface area contributed by atoms with E-state index >= 15 is 0 Å². The monoisotopic (exact) mass is 273 g/mol. The van der Waals surface area contributed by atoms with Crippen LogP contribution in [0, 0.1) is 0 Å². The summed E-state index contributed by atoms with van der Waals surface area (Å²) in [4.78, 5) is 24.5. The SMILES string of the molecule is CCN(C(=O)NCC(C)(O)C(=O)O)C1CCNCC1. The van der Waals surface area contributed by atoms with Crippen molar-refractivity contribution in [1.29, 1.82) is 0 Å². The van der Waals surface area contributed by atoms with E-state index in [1.807, 2.05) is 6.92 Å². The summed E-state index contributed by atoms with van der Waals surface area (Å²) < 4.78 is 0. The minimum atomic E-state index is -1.94. The van der Waals surface area contributed by atoms with Crippen LogP contribution in [0.3, 0.4) is 0 Å². The molecule has 1 fully saturated rings. The fraction of sp³-hybridized carbons (Fsp3) is 0.833. The number of aliphatic carboxylic acids is 1. The van der Waals surface area contributed by atoms with Gasteiger partial charge in [-0.05, 0) is 39.8 Å². The van der Waals surface area contributed by atoms with Crippen molar-refractivity contribution in [1.82, 2.24) is 15.5 Å². The lowest BCUT2D eigenvalue weighted by molar-refractivity contribution is -0.155. The molecule has 0 aromatic carbocycles. The molecule has 0 radical (unpaired) electrons. The smallest absolute Gasteiger partial charge is 0.337 e. The van der Waals surface area contributed by atoms with Gasteiger partial charge < -0.3 is 25.7 Å². The van der Waals surface area contributed by atoms with Gasteiger partial charge in [-0.1, -0.05) is 0 Å². The minimum Gasteiger partial charge on any atom is -0.479 e. The largest absolute Gasteiger partial charge is 0.479 e. The Bertz CT molecular complexity index is 327. The predicted octanol–water partition coefficient (Wildman–Crippen LogP) is -0.394. The Kier molecular flexibility index (Phi) is 5.56. The van der Waals surface area contributed by atoms with Crippen molar-refractivity contribution in [3.05, 3.63) is 0 Å². The lowest BCUT2D eigenvalue weighted by Gasteiger charge is -2.34. The number of rotatable bonds is 5. The number of carbonyl (C=O) groups is 2. The molecule has 19 heavy (non-hydrogen) atoms. The fourth-order valence-electron chi connectivity index (χ4n) is 2.11. The lowest BCUT2D eigenvalue weighted by Crippen LogP contribution is -2.54. The van der Waals surface area contributed by atoms with Crippen molar-refractivity contribution in [2.24, 2.45) is 0 Å². The number of nitrogens with zero attached hydrogens (tertiary/aromatic N) is 1. The van der Waals surface area contributed by atoms with E-state index in [0.717, 1.165) is 32.9 Å². The van der Waals surface area contributed by atoms with Gasteiger partial charge in [0.05, 0.1) is 6.54 Å². The number of carbonyl (C=O) groups excluding carboxylic acids is 1. The molecule has 1 atom stereocenters. The maximum absolute atomic E-state index is 12.0. The Morgan fingerprint density at radius 3 is 2.47 bits per heavy atom. The lowest BCUT2D eigenvalue weighted by atomic mass is 10.1. The molecular formula is C12H23N3O4. The van der Waals surface area contributed by atoms with Gasteiger partial charge >= 0.3 is 12.0 Å². The summed E-state index contributed by atoms with van der Waals surface area (Å²) in [6.45, 7) is 5.06. The molecule has 1 rings (SSSR count). The zero-order valence-corrected chi connectivity index (χ0v) is 11.5. The maximum Gasteiger partial charge on any atom is 0.337 e. The summed E-state index contributed by atoms with van der Waals surface area (Å²) in [5, 5.41) is 24.1. The third-order valence-electron chi connectivity index (χ3n) is 3.40. The Labute approximate surface area is 113 Å². The van der Waals surface area contributed by atoms with E-state index in [-0.39, 0.29) is 18.6 Å². The topological polar surface area (TPSA) is 102 Å². The molecule has 0 spiro atoms. The van der Waals surface area contributed by atoms with E-state index in [2.05, 4.69) is 10.6 Å². The second-order valence-electron chi connectivity index (χ2n) is 5.00. The zero-order valence-electron chi connectivity index (χ0n) is 11.5. The average molecular weight is 273 g/mol. The first-order valence-electron chi connectivity index (χ1n) is 6.59. The Hall–Kier alpha value is -1.34. The van der Waals surface area contributed by atoms with Gasteiger partial charge in [-0.25, -0.2) is 9.59 Å². The van der Waals surface area contributed by atoms with Crippen LogP contribution in [0.4, 0.5) is 4.79 Å². The van der Waals surface area contributed by atoms with E-state index < -0.39 is 11.6 Å². The predicted molar refractivity (Wildman–Crippen MR) is 69.9 cm³/mol. The molecule has 4 N–H and O–H groups in total. The summed E-state index contributed by atoms with van der Waals surface area (Å²) >= 11 is 0. The summed E-state index contributed by atoms with van der Waals surface area (Å²) in [5.74, 6) is -1.35. The second kappa shape index (κ2) is 6.72. The van der Waals surface area contributed by atoms with E-state index in [9.17, 15) is 14.7 Å². The molecule has 7 heteroatoms. The number of amides is 2. The summed E-state index contributed by atoms with van der Waals surface area (Å²) in [7, 11) is 0. The van der Waals surface area contributed by atoms with Crippen molar-refractivity contribution in [2.75, 3.05) is 26.2 Å². The van der Waals surface area contributed by atoms with Gasteiger partial charge in [0, 0.05) is 12.6 Å². The molecule has 0 aliphatic carbocycles. The molecule has 7 nitrogen and oxygen atoms in total. The van der Waals surface area contributed by atoms with Crippen LogP contribution in [0.25, 0.3) is 0 Å². The van der Waals surface area contributed by atoms with Gasteiger partial charge in [0.15, 0.2) is 5.60 Å². The number of hydrogen-bond donors (Lipinski definition) is 4. The average Bonchev–Trinajstić information content (AvgIpc) is 2.38. The first kappa shape index (κ1) is 15.7.